The number of ether oxygens (including phenoxy) is 2. The number of rotatable bonds is 38. The van der Waals surface area contributed by atoms with Gasteiger partial charge in [-0.1, -0.05) is 194 Å². The van der Waals surface area contributed by atoms with Gasteiger partial charge in [0.25, 0.3) is 0 Å². The number of esters is 1. The number of phosphoric ester groups is 1. The number of carbonyl (C=O) groups is 1. The van der Waals surface area contributed by atoms with E-state index < -0.39 is 13.9 Å². The standard InChI is InChI=1S/C38H77O7P/c1-3-5-7-9-11-13-15-17-19-20-22-24-26-28-30-32-34-43-35-37(36-44-46(40,41)42)45-38(39)33-31-29-27-25-23-21-18-16-14-12-10-8-6-4-2/h37H,3-36H2,1-2H3,(H2,40,41,42)/t37-/m1/s1. The van der Waals surface area contributed by atoms with Crippen LogP contribution in [0.1, 0.15) is 213 Å². The van der Waals surface area contributed by atoms with Gasteiger partial charge in [0.1, 0.15) is 6.10 Å². The van der Waals surface area contributed by atoms with Crippen LogP contribution in [-0.2, 0) is 23.4 Å². The van der Waals surface area contributed by atoms with Crippen LogP contribution < -0.4 is 0 Å². The Morgan fingerprint density at radius 2 is 0.826 bits per heavy atom. The molecule has 7 nitrogen and oxygen atoms in total. The van der Waals surface area contributed by atoms with Crippen LogP contribution in [0.3, 0.4) is 0 Å². The lowest BCUT2D eigenvalue weighted by atomic mass is 10.0. The second kappa shape index (κ2) is 35.8. The summed E-state index contributed by atoms with van der Waals surface area (Å²) in [5, 5.41) is 0. The van der Waals surface area contributed by atoms with Crippen molar-refractivity contribution < 1.29 is 33.1 Å². The van der Waals surface area contributed by atoms with Crippen molar-refractivity contribution in [3.8, 4) is 0 Å². The second-order valence-electron chi connectivity index (χ2n) is 13.6. The molecule has 276 valence electrons. The van der Waals surface area contributed by atoms with Crippen molar-refractivity contribution in [1.29, 1.82) is 0 Å². The van der Waals surface area contributed by atoms with Crippen molar-refractivity contribution in [2.75, 3.05) is 19.8 Å². The molecule has 0 amide bonds. The van der Waals surface area contributed by atoms with E-state index in [-0.39, 0.29) is 19.2 Å². The van der Waals surface area contributed by atoms with Crippen LogP contribution in [0.15, 0.2) is 0 Å². The summed E-state index contributed by atoms with van der Waals surface area (Å²) in [5.41, 5.74) is 0. The Morgan fingerprint density at radius 3 is 1.17 bits per heavy atom. The van der Waals surface area contributed by atoms with Crippen LogP contribution in [0.25, 0.3) is 0 Å². The lowest BCUT2D eigenvalue weighted by Crippen LogP contribution is -2.28. The van der Waals surface area contributed by atoms with Gasteiger partial charge in [-0.05, 0) is 12.8 Å². The van der Waals surface area contributed by atoms with E-state index in [0.29, 0.717) is 13.0 Å². The van der Waals surface area contributed by atoms with Gasteiger partial charge in [0, 0.05) is 13.0 Å². The maximum atomic E-state index is 12.4. The monoisotopic (exact) mass is 677 g/mol. The smallest absolute Gasteiger partial charge is 0.457 e. The SMILES string of the molecule is CCCCCCCCCCCCCCCCCCOC[C@H](COP(=O)(O)O)OC(=O)CCCCCCCCCCCCCCCC. The number of hydrogen-bond donors (Lipinski definition) is 2. The van der Waals surface area contributed by atoms with Crippen molar-refractivity contribution in [3.05, 3.63) is 0 Å². The average Bonchev–Trinajstić information content (AvgIpc) is 3.02. The van der Waals surface area contributed by atoms with Gasteiger partial charge in [0.15, 0.2) is 0 Å². The van der Waals surface area contributed by atoms with Gasteiger partial charge in [0.05, 0.1) is 13.2 Å². The lowest BCUT2D eigenvalue weighted by molar-refractivity contribution is -0.154. The van der Waals surface area contributed by atoms with Crippen molar-refractivity contribution in [1.82, 2.24) is 0 Å². The molecule has 0 unspecified atom stereocenters. The lowest BCUT2D eigenvalue weighted by Gasteiger charge is -2.18. The maximum absolute atomic E-state index is 12.4. The highest BCUT2D eigenvalue weighted by molar-refractivity contribution is 7.46. The molecule has 0 aromatic heterocycles. The van der Waals surface area contributed by atoms with Gasteiger partial charge in [-0.2, -0.15) is 0 Å². The normalized spacial score (nSPS) is 12.5. The minimum absolute atomic E-state index is 0.0865. The van der Waals surface area contributed by atoms with Crippen molar-refractivity contribution in [2.45, 2.75) is 219 Å². The number of carbonyl (C=O) groups excluding carboxylic acids is 1. The van der Waals surface area contributed by atoms with E-state index in [1.165, 1.54) is 161 Å². The summed E-state index contributed by atoms with van der Waals surface area (Å²) in [4.78, 5) is 30.5. The first kappa shape index (κ1) is 45.5. The van der Waals surface area contributed by atoms with E-state index in [9.17, 15) is 9.36 Å². The third-order valence-electron chi connectivity index (χ3n) is 8.91. The Bertz CT molecular complexity index is 669. The molecule has 0 aromatic carbocycles. The van der Waals surface area contributed by atoms with Gasteiger partial charge in [-0.3, -0.25) is 9.32 Å². The first-order valence-corrected chi connectivity index (χ1v) is 21.4. The van der Waals surface area contributed by atoms with Gasteiger partial charge in [-0.15, -0.1) is 0 Å². The summed E-state index contributed by atoms with van der Waals surface area (Å²) in [6, 6.07) is 0. The molecule has 0 rings (SSSR count). The summed E-state index contributed by atoms with van der Waals surface area (Å²) >= 11 is 0. The highest BCUT2D eigenvalue weighted by Gasteiger charge is 2.21. The van der Waals surface area contributed by atoms with Crippen LogP contribution in [0.5, 0.6) is 0 Å². The summed E-state index contributed by atoms with van der Waals surface area (Å²) in [5.74, 6) is -0.357. The molecule has 0 spiro atoms. The van der Waals surface area contributed by atoms with E-state index in [1.807, 2.05) is 0 Å². The first-order chi connectivity index (χ1) is 22.4. The highest BCUT2D eigenvalue weighted by atomic mass is 31.2. The van der Waals surface area contributed by atoms with Crippen LogP contribution in [0, 0.1) is 0 Å². The molecule has 0 radical (unpaired) electrons. The summed E-state index contributed by atoms with van der Waals surface area (Å²) in [6.07, 6.45) is 38.0. The molecule has 0 fully saturated rings. The molecule has 1 atom stereocenters. The second-order valence-corrected chi connectivity index (χ2v) is 14.9. The fraction of sp³-hybridized carbons (Fsp3) is 0.974. The minimum atomic E-state index is -4.64. The molecular formula is C38H77O7P. The van der Waals surface area contributed by atoms with E-state index in [4.69, 9.17) is 19.3 Å². The van der Waals surface area contributed by atoms with Crippen molar-refractivity contribution in [3.63, 3.8) is 0 Å². The number of unbranched alkanes of at least 4 members (excludes halogenated alkanes) is 28. The topological polar surface area (TPSA) is 102 Å². The molecule has 0 saturated carbocycles. The predicted molar refractivity (Wildman–Crippen MR) is 193 cm³/mol. The fourth-order valence-electron chi connectivity index (χ4n) is 5.97. The van der Waals surface area contributed by atoms with E-state index in [1.54, 1.807) is 0 Å². The quantitative estimate of drug-likeness (QED) is 0.0381. The molecule has 2 N–H and O–H groups in total. The first-order valence-electron chi connectivity index (χ1n) is 19.9. The van der Waals surface area contributed by atoms with Gasteiger partial charge >= 0.3 is 13.8 Å². The Balaban J connectivity index is 3.76. The predicted octanol–water partition coefficient (Wildman–Crippen LogP) is 12.2. The van der Waals surface area contributed by atoms with E-state index in [2.05, 4.69) is 18.4 Å². The Hall–Kier alpha value is -0.460. The summed E-state index contributed by atoms with van der Waals surface area (Å²) in [6.45, 7) is 4.79. The van der Waals surface area contributed by atoms with Gasteiger partial charge in [-0.25, -0.2) is 4.57 Å². The maximum Gasteiger partial charge on any atom is 0.469 e. The number of phosphoric acid groups is 1. The molecule has 0 saturated heterocycles. The zero-order valence-electron chi connectivity index (χ0n) is 30.5. The average molecular weight is 677 g/mol. The van der Waals surface area contributed by atoms with Crippen LogP contribution in [0.4, 0.5) is 0 Å². The highest BCUT2D eigenvalue weighted by Crippen LogP contribution is 2.36. The van der Waals surface area contributed by atoms with Crippen LogP contribution >= 0.6 is 7.82 Å². The minimum Gasteiger partial charge on any atom is -0.457 e. The van der Waals surface area contributed by atoms with Gasteiger partial charge in [0.2, 0.25) is 0 Å². The third-order valence-corrected chi connectivity index (χ3v) is 9.39. The Morgan fingerprint density at radius 1 is 0.500 bits per heavy atom. The van der Waals surface area contributed by atoms with Crippen molar-refractivity contribution in [2.24, 2.45) is 0 Å². The van der Waals surface area contributed by atoms with Crippen molar-refractivity contribution >= 4 is 13.8 Å². The molecule has 8 heteroatoms. The molecule has 46 heavy (non-hydrogen) atoms. The van der Waals surface area contributed by atoms with E-state index >= 15 is 0 Å². The fourth-order valence-corrected chi connectivity index (χ4v) is 6.33. The largest absolute Gasteiger partial charge is 0.469 e. The zero-order chi connectivity index (χ0) is 33.8. The van der Waals surface area contributed by atoms with E-state index in [0.717, 1.165) is 32.1 Å². The molecule has 0 aliphatic heterocycles. The molecule has 0 aliphatic carbocycles. The Labute approximate surface area is 285 Å². The van der Waals surface area contributed by atoms with Gasteiger partial charge < -0.3 is 19.3 Å². The molecule has 0 aliphatic rings. The molecule has 0 bridgehead atoms. The van der Waals surface area contributed by atoms with Crippen LogP contribution in [-0.4, -0.2) is 41.7 Å². The molecular weight excluding hydrogens is 599 g/mol. The summed E-state index contributed by atoms with van der Waals surface area (Å²) in [7, 11) is -4.64. The molecule has 0 aromatic rings. The summed E-state index contributed by atoms with van der Waals surface area (Å²) < 4.78 is 26.9. The zero-order valence-corrected chi connectivity index (χ0v) is 31.4. The molecule has 0 heterocycles. The van der Waals surface area contributed by atoms with Crippen LogP contribution in [0.2, 0.25) is 0 Å². The third kappa shape index (κ3) is 38.0. The Kier molecular flexibility index (Phi) is 35.5. The number of hydrogen-bond acceptors (Lipinski definition) is 5.